The maximum atomic E-state index is 11.8. The van der Waals surface area contributed by atoms with Crippen LogP contribution in [0.2, 0.25) is 0 Å². The average Bonchev–Trinajstić information content (AvgIpc) is 3.06. The second-order valence-corrected chi connectivity index (χ2v) is 18.1. The summed E-state index contributed by atoms with van der Waals surface area (Å²) < 4.78 is 57.6. The molecule has 5 N–H and O–H groups in total. The molecule has 0 radical (unpaired) electrons. The van der Waals surface area contributed by atoms with Crippen molar-refractivity contribution in [1.29, 1.82) is 0 Å². The third-order valence-corrected chi connectivity index (χ3v) is 11.2. The topological polar surface area (TPSA) is 434 Å². The lowest BCUT2D eigenvalue weighted by atomic mass is 9.79. The van der Waals surface area contributed by atoms with Gasteiger partial charge in [0.05, 0.1) is 74.1 Å². The van der Waals surface area contributed by atoms with Crippen molar-refractivity contribution >= 4 is 77.6 Å². The normalized spacial score (nSPS) is 15.1. The minimum atomic E-state index is -1.22. The van der Waals surface area contributed by atoms with Gasteiger partial charge < -0.3 is 82.4 Å². The summed E-state index contributed by atoms with van der Waals surface area (Å²) in [5.74, 6) is -12.1. The average molecular weight is 1270 g/mol. The number of rotatable bonds is 36. The number of hydrogen-bond donors (Lipinski definition) is 5. The van der Waals surface area contributed by atoms with Gasteiger partial charge in [0.25, 0.3) is 0 Å². The van der Waals surface area contributed by atoms with Gasteiger partial charge in [0, 0.05) is 29.4 Å². The molecule has 2 saturated carbocycles. The van der Waals surface area contributed by atoms with E-state index in [1.807, 2.05) is 0 Å². The number of hydrogen-bond acceptors (Lipinski definition) is 25. The van der Waals surface area contributed by atoms with Gasteiger partial charge in [-0.1, -0.05) is 70.7 Å². The monoisotopic (exact) mass is 1270 g/mol. The van der Waals surface area contributed by atoms with Gasteiger partial charge in [0.1, 0.15) is 66.4 Å². The van der Waals surface area contributed by atoms with E-state index < -0.39 is 101 Å². The third-order valence-electron chi connectivity index (χ3n) is 11.2. The second-order valence-electron chi connectivity index (χ2n) is 18.1. The summed E-state index contributed by atoms with van der Waals surface area (Å²) in [6.45, 7) is 19.9. The Labute approximate surface area is 513 Å². The number of esters is 8. The van der Waals surface area contributed by atoms with Crippen LogP contribution in [0.15, 0.2) is 86.5 Å². The van der Waals surface area contributed by atoms with E-state index in [4.69, 9.17) is 68.2 Å². The van der Waals surface area contributed by atoms with Crippen molar-refractivity contribution in [2.75, 3.05) is 92.9 Å². The summed E-state index contributed by atoms with van der Waals surface area (Å²) in [4.78, 5) is 142. The lowest BCUT2D eigenvalue weighted by molar-refractivity contribution is -0.161. The molecular weight excluding hydrogens is 1190 g/mol. The van der Waals surface area contributed by atoms with Crippen LogP contribution in [0.3, 0.4) is 0 Å². The lowest BCUT2D eigenvalue weighted by Crippen LogP contribution is -2.34. The molecule has 0 bridgehead atoms. The number of benzene rings is 1. The molecule has 1 aromatic rings. The molecule has 0 aliphatic heterocycles. The van der Waals surface area contributed by atoms with Gasteiger partial charge in [-0.2, -0.15) is 0 Å². The molecule has 496 valence electrons. The van der Waals surface area contributed by atoms with E-state index in [2.05, 4.69) is 47.1 Å². The van der Waals surface area contributed by atoms with E-state index in [1.165, 1.54) is 31.2 Å². The Balaban J connectivity index is 0. The fraction of sp³-hybridized carbons (Fsp3) is 0.508. The summed E-state index contributed by atoms with van der Waals surface area (Å²) in [6.07, 6.45) is 8.29. The van der Waals surface area contributed by atoms with Crippen molar-refractivity contribution in [2.24, 2.45) is 23.7 Å². The van der Waals surface area contributed by atoms with Gasteiger partial charge in [-0.3, -0.25) is 28.8 Å². The van der Waals surface area contributed by atoms with E-state index in [0.29, 0.717) is 31.3 Å². The molecular formula is C59H80O30. The first kappa shape index (κ1) is 81.9. The van der Waals surface area contributed by atoms with Crippen LogP contribution in [0.25, 0.3) is 0 Å². The molecule has 0 heterocycles. The SMILES string of the molecule is C=C(C)C(=O)OCCOC(=O)C1CCCCC1C(=O)O.C=C(C)C(=O)OCCOCOCCC(=O)O.C=CC(=O)OCCOC(=O)C1CCCCC1C(=O)O.C=CC(=O)OCCOC(=O)c1ccccc1C(=O)O.C=CC(=O)OCCOCOCCC(=O)O. The molecule has 0 amide bonds. The van der Waals surface area contributed by atoms with Crippen LogP contribution in [0, 0.1) is 23.7 Å². The van der Waals surface area contributed by atoms with Crippen LogP contribution >= 0.6 is 0 Å². The predicted octanol–water partition coefficient (Wildman–Crippen LogP) is 4.71. The number of carboxylic acid groups (broad SMARTS) is 5. The van der Waals surface area contributed by atoms with E-state index >= 15 is 0 Å². The second kappa shape index (κ2) is 51.0. The first-order chi connectivity index (χ1) is 42.2. The molecule has 4 unspecified atom stereocenters. The number of carbonyl (C=O) groups is 13. The highest BCUT2D eigenvalue weighted by atomic mass is 16.7. The van der Waals surface area contributed by atoms with Crippen LogP contribution in [-0.2, 0) is 110 Å². The molecule has 30 heteroatoms. The Bertz CT molecular complexity index is 2500. The molecule has 2 fully saturated rings. The predicted molar refractivity (Wildman–Crippen MR) is 305 cm³/mol. The highest BCUT2D eigenvalue weighted by molar-refractivity contribution is 6.02. The Kier molecular flexibility index (Phi) is 46.9. The van der Waals surface area contributed by atoms with E-state index in [0.717, 1.165) is 43.9 Å². The molecule has 2 aliphatic rings. The van der Waals surface area contributed by atoms with Crippen molar-refractivity contribution in [3.8, 4) is 0 Å². The van der Waals surface area contributed by atoms with E-state index in [1.54, 1.807) is 6.92 Å². The number of carbonyl (C=O) groups excluding carboxylic acids is 8. The van der Waals surface area contributed by atoms with Crippen LogP contribution in [-0.4, -0.2) is 196 Å². The quantitative estimate of drug-likeness (QED) is 0.0199. The first-order valence-corrected chi connectivity index (χ1v) is 27.3. The minimum Gasteiger partial charge on any atom is -0.481 e. The minimum absolute atomic E-state index is 0.0150. The largest absolute Gasteiger partial charge is 0.481 e. The van der Waals surface area contributed by atoms with Crippen LogP contribution in [0.4, 0.5) is 0 Å². The number of carboxylic acids is 5. The van der Waals surface area contributed by atoms with Crippen LogP contribution < -0.4 is 0 Å². The zero-order valence-electron chi connectivity index (χ0n) is 49.8. The van der Waals surface area contributed by atoms with Gasteiger partial charge >= 0.3 is 77.6 Å². The maximum absolute atomic E-state index is 11.8. The van der Waals surface area contributed by atoms with Gasteiger partial charge in [-0.15, -0.1) is 0 Å². The van der Waals surface area contributed by atoms with Crippen molar-refractivity contribution in [2.45, 2.75) is 78.1 Å². The fourth-order valence-corrected chi connectivity index (χ4v) is 6.88. The van der Waals surface area contributed by atoms with Gasteiger partial charge in [0.2, 0.25) is 0 Å². The van der Waals surface area contributed by atoms with Crippen molar-refractivity contribution < 1.29 is 145 Å². The molecule has 3 rings (SSSR count). The van der Waals surface area contributed by atoms with Crippen molar-refractivity contribution in [3.05, 3.63) is 97.7 Å². The summed E-state index contributed by atoms with van der Waals surface area (Å²) in [6, 6.07) is 5.69. The van der Waals surface area contributed by atoms with Crippen molar-refractivity contribution in [1.82, 2.24) is 0 Å². The zero-order chi connectivity index (χ0) is 67.5. The number of aliphatic carboxylic acids is 4. The van der Waals surface area contributed by atoms with E-state index in [9.17, 15) is 62.3 Å². The third kappa shape index (κ3) is 42.4. The Morgan fingerprint density at radius 1 is 0.416 bits per heavy atom. The lowest BCUT2D eigenvalue weighted by Gasteiger charge is -2.26. The standard InChI is InChI=1S/C14H20O6.C13H18O6.C13H12O6.C10H16O6.C9H14O6/c1-9(2)13(17)19-7-8-20-14(18)11-6-4-3-5-10(11)12(15)16;2*1-2-11(14)18-7-8-19-13(17)10-6-4-3-5-9(10)12(15)16;1-8(2)10(13)16-6-5-15-7-14-4-3-9(11)12;1-2-9(12)15-6-5-14-7-13-4-3-8(10)11/h10-11H,1,3-8H2,2H3,(H,15,16);2,9-10H,1,3-8H2,(H,15,16);2-6H,1,7-8H2,(H,15,16);1,3-7H2,2H3,(H,11,12);2H,1,3-7H2,(H,10,11). The Morgan fingerprint density at radius 2 is 0.719 bits per heavy atom. The van der Waals surface area contributed by atoms with E-state index in [-0.39, 0.29) is 122 Å². The number of ether oxygens (including phenoxy) is 12. The molecule has 2 aliphatic carbocycles. The van der Waals surface area contributed by atoms with Crippen LogP contribution in [0.5, 0.6) is 0 Å². The highest BCUT2D eigenvalue weighted by Crippen LogP contribution is 2.32. The van der Waals surface area contributed by atoms with Crippen molar-refractivity contribution in [3.63, 3.8) is 0 Å². The summed E-state index contributed by atoms with van der Waals surface area (Å²) in [7, 11) is 0. The maximum Gasteiger partial charge on any atom is 0.339 e. The highest BCUT2D eigenvalue weighted by Gasteiger charge is 2.38. The number of aromatic carboxylic acids is 1. The Hall–Kier alpha value is -9.13. The molecule has 30 nitrogen and oxygen atoms in total. The molecule has 0 aromatic heterocycles. The zero-order valence-corrected chi connectivity index (χ0v) is 49.8. The van der Waals surface area contributed by atoms with Gasteiger partial charge in [-0.25, -0.2) is 33.6 Å². The van der Waals surface area contributed by atoms with Gasteiger partial charge in [-0.05, 0) is 51.7 Å². The Morgan fingerprint density at radius 3 is 1.06 bits per heavy atom. The molecule has 0 spiro atoms. The molecule has 0 saturated heterocycles. The smallest absolute Gasteiger partial charge is 0.339 e. The molecule has 4 atom stereocenters. The van der Waals surface area contributed by atoms with Crippen LogP contribution in [0.1, 0.15) is 98.8 Å². The van der Waals surface area contributed by atoms with Gasteiger partial charge in [0.15, 0.2) is 0 Å². The summed E-state index contributed by atoms with van der Waals surface area (Å²) >= 11 is 0. The summed E-state index contributed by atoms with van der Waals surface area (Å²) in [5, 5.41) is 43.6. The molecule has 1 aromatic carbocycles. The first-order valence-electron chi connectivity index (χ1n) is 27.3. The summed E-state index contributed by atoms with van der Waals surface area (Å²) in [5.41, 5.74) is 0.410. The molecule has 89 heavy (non-hydrogen) atoms. The fourth-order valence-electron chi connectivity index (χ4n) is 6.88.